The first-order valence-electron chi connectivity index (χ1n) is 5.63. The van der Waals surface area contributed by atoms with E-state index in [1.54, 1.807) is 27.7 Å². The van der Waals surface area contributed by atoms with E-state index >= 15 is 0 Å². The molecule has 1 N–H and O–H groups in total. The summed E-state index contributed by atoms with van der Waals surface area (Å²) in [7, 11) is 0. The number of amides is 1. The Kier molecular flexibility index (Phi) is 5.39. The maximum atomic E-state index is 11.5. The zero-order valence-corrected chi connectivity index (χ0v) is 12.5. The molecule has 0 aliphatic heterocycles. The van der Waals surface area contributed by atoms with Gasteiger partial charge in [0.15, 0.2) is 5.05 Å². The van der Waals surface area contributed by atoms with Crippen LogP contribution in [-0.2, 0) is 9.47 Å². The maximum Gasteiger partial charge on any atom is 0.408 e. The van der Waals surface area contributed by atoms with Gasteiger partial charge in [0.05, 0.1) is 6.04 Å². The maximum absolute atomic E-state index is 11.5. The minimum absolute atomic E-state index is 0.350. The number of ether oxygens (including phenoxy) is 2. The molecule has 0 aromatic carbocycles. The second-order valence-electron chi connectivity index (χ2n) is 5.90. The number of rotatable bonds is 2. The van der Waals surface area contributed by atoms with Crippen LogP contribution in [0.1, 0.15) is 48.5 Å². The Bertz CT molecular complexity index is 289. The molecule has 17 heavy (non-hydrogen) atoms. The summed E-state index contributed by atoms with van der Waals surface area (Å²) in [5.74, 6) is 0. The van der Waals surface area contributed by atoms with Crippen molar-refractivity contribution >= 4 is 23.4 Å². The SMILES string of the molecule is C[C@@H](NC(=O)OC(C)(C)C)C(=S)OC(C)(C)C. The van der Waals surface area contributed by atoms with Crippen LogP contribution in [0.15, 0.2) is 0 Å². The lowest BCUT2D eigenvalue weighted by molar-refractivity contribution is 0.0505. The first-order chi connectivity index (χ1) is 7.41. The fraction of sp³-hybridized carbons (Fsp3) is 0.833. The van der Waals surface area contributed by atoms with Gasteiger partial charge in [-0.1, -0.05) is 0 Å². The molecule has 0 aromatic heterocycles. The first-order valence-corrected chi connectivity index (χ1v) is 6.04. The number of hydrogen-bond donors (Lipinski definition) is 1. The minimum Gasteiger partial charge on any atom is -0.479 e. The van der Waals surface area contributed by atoms with Gasteiger partial charge in [-0.25, -0.2) is 4.79 Å². The van der Waals surface area contributed by atoms with Crippen LogP contribution >= 0.6 is 12.2 Å². The minimum atomic E-state index is -0.518. The van der Waals surface area contributed by atoms with E-state index in [1.807, 2.05) is 20.8 Å². The molecule has 0 unspecified atom stereocenters. The van der Waals surface area contributed by atoms with E-state index in [1.165, 1.54) is 0 Å². The van der Waals surface area contributed by atoms with Gasteiger partial charge in [0.1, 0.15) is 11.2 Å². The molecule has 0 saturated heterocycles. The summed E-state index contributed by atoms with van der Waals surface area (Å²) < 4.78 is 10.6. The predicted octanol–water partition coefficient (Wildman–Crippen LogP) is 3.04. The molecule has 5 heteroatoms. The quantitative estimate of drug-likeness (QED) is 0.776. The van der Waals surface area contributed by atoms with E-state index in [-0.39, 0.29) is 11.6 Å². The third-order valence-corrected chi connectivity index (χ3v) is 1.93. The molecule has 0 rings (SSSR count). The third kappa shape index (κ3) is 8.92. The van der Waals surface area contributed by atoms with Crippen LogP contribution in [0, 0.1) is 0 Å². The fourth-order valence-corrected chi connectivity index (χ4v) is 1.24. The molecule has 0 aliphatic rings. The van der Waals surface area contributed by atoms with Crippen molar-refractivity contribution in [2.75, 3.05) is 0 Å². The molecule has 0 heterocycles. The highest BCUT2D eigenvalue weighted by Crippen LogP contribution is 2.10. The number of carbonyl (C=O) groups is 1. The molecule has 0 fully saturated rings. The molecule has 0 spiro atoms. The molecule has 0 bridgehead atoms. The van der Waals surface area contributed by atoms with Crippen molar-refractivity contribution in [3.63, 3.8) is 0 Å². The van der Waals surface area contributed by atoms with Gasteiger partial charge >= 0.3 is 6.09 Å². The second kappa shape index (κ2) is 5.67. The summed E-state index contributed by atoms with van der Waals surface area (Å²) in [4.78, 5) is 11.5. The van der Waals surface area contributed by atoms with Crippen LogP contribution in [0.5, 0.6) is 0 Å². The molecule has 0 aromatic rings. The number of nitrogens with one attached hydrogen (secondary N) is 1. The van der Waals surface area contributed by atoms with Gasteiger partial charge in [-0.3, -0.25) is 0 Å². The molecular weight excluding hydrogens is 238 g/mol. The molecular formula is C12H23NO3S. The largest absolute Gasteiger partial charge is 0.479 e. The molecule has 0 aliphatic carbocycles. The van der Waals surface area contributed by atoms with E-state index in [9.17, 15) is 4.79 Å². The van der Waals surface area contributed by atoms with Crippen LogP contribution in [0.4, 0.5) is 4.79 Å². The Labute approximate surface area is 109 Å². The zero-order valence-electron chi connectivity index (χ0n) is 11.7. The van der Waals surface area contributed by atoms with Crippen molar-refractivity contribution in [3.8, 4) is 0 Å². The lowest BCUT2D eigenvalue weighted by Crippen LogP contribution is -2.43. The topological polar surface area (TPSA) is 47.6 Å². The van der Waals surface area contributed by atoms with Crippen LogP contribution in [-0.4, -0.2) is 28.4 Å². The number of carbonyl (C=O) groups excluding carboxylic acids is 1. The summed E-state index contributed by atoms with van der Waals surface area (Å²) in [6, 6.07) is -0.362. The normalized spacial score (nSPS) is 13.8. The van der Waals surface area contributed by atoms with E-state index in [0.717, 1.165) is 0 Å². The summed E-state index contributed by atoms with van der Waals surface area (Å²) in [6.45, 7) is 12.9. The molecule has 0 radical (unpaired) electrons. The van der Waals surface area contributed by atoms with Gasteiger partial charge in [0.25, 0.3) is 0 Å². The molecule has 4 nitrogen and oxygen atoms in total. The van der Waals surface area contributed by atoms with E-state index in [4.69, 9.17) is 21.7 Å². The average molecular weight is 261 g/mol. The number of alkyl carbamates (subject to hydrolysis) is 1. The Hall–Kier alpha value is -0.840. The van der Waals surface area contributed by atoms with E-state index in [2.05, 4.69) is 5.32 Å². The Morgan fingerprint density at radius 1 is 1.06 bits per heavy atom. The van der Waals surface area contributed by atoms with Gasteiger partial charge in [0.2, 0.25) is 0 Å². The monoisotopic (exact) mass is 261 g/mol. The third-order valence-electron chi connectivity index (χ3n) is 1.49. The smallest absolute Gasteiger partial charge is 0.408 e. The van der Waals surface area contributed by atoms with Crippen molar-refractivity contribution in [3.05, 3.63) is 0 Å². The highest BCUT2D eigenvalue weighted by atomic mass is 32.1. The highest BCUT2D eigenvalue weighted by Gasteiger charge is 2.22. The van der Waals surface area contributed by atoms with Crippen molar-refractivity contribution < 1.29 is 14.3 Å². The number of hydrogen-bond acceptors (Lipinski definition) is 4. The number of thiocarbonyl (C=S) groups is 1. The first kappa shape index (κ1) is 16.2. The van der Waals surface area contributed by atoms with E-state index < -0.39 is 11.7 Å². The summed E-state index contributed by atoms with van der Waals surface area (Å²) in [6.07, 6.45) is -0.496. The van der Waals surface area contributed by atoms with E-state index in [0.29, 0.717) is 5.05 Å². The van der Waals surface area contributed by atoms with Gasteiger partial charge in [-0.15, -0.1) is 0 Å². The van der Waals surface area contributed by atoms with Gasteiger partial charge in [-0.2, -0.15) is 0 Å². The lowest BCUT2D eigenvalue weighted by Gasteiger charge is -2.26. The standard InChI is InChI=1S/C12H23NO3S/c1-8(9(17)15-11(2,3)4)13-10(14)16-12(5,6)7/h8H,1-7H3,(H,13,14)/t8-/m1/s1. The fourth-order valence-electron chi connectivity index (χ4n) is 0.933. The molecule has 1 atom stereocenters. The Morgan fingerprint density at radius 3 is 1.82 bits per heavy atom. The van der Waals surface area contributed by atoms with Crippen LogP contribution < -0.4 is 5.32 Å². The second-order valence-corrected chi connectivity index (χ2v) is 6.30. The summed E-state index contributed by atoms with van der Waals surface area (Å²) in [5, 5.41) is 2.98. The average Bonchev–Trinajstić information content (AvgIpc) is 1.95. The van der Waals surface area contributed by atoms with Gasteiger partial charge in [-0.05, 0) is 60.7 Å². The van der Waals surface area contributed by atoms with Gasteiger partial charge < -0.3 is 14.8 Å². The van der Waals surface area contributed by atoms with Crippen LogP contribution in [0.25, 0.3) is 0 Å². The van der Waals surface area contributed by atoms with Crippen molar-refractivity contribution in [1.82, 2.24) is 5.32 Å². The molecule has 100 valence electrons. The van der Waals surface area contributed by atoms with Crippen molar-refractivity contribution in [2.45, 2.75) is 65.7 Å². The molecule has 1 amide bonds. The predicted molar refractivity (Wildman–Crippen MR) is 72.3 cm³/mol. The summed E-state index contributed by atoms with van der Waals surface area (Å²) in [5.41, 5.74) is -0.878. The lowest BCUT2D eigenvalue weighted by atomic mass is 10.2. The molecule has 0 saturated carbocycles. The van der Waals surface area contributed by atoms with Crippen LogP contribution in [0.3, 0.4) is 0 Å². The van der Waals surface area contributed by atoms with Crippen molar-refractivity contribution in [2.24, 2.45) is 0 Å². The summed E-state index contributed by atoms with van der Waals surface area (Å²) >= 11 is 5.09. The van der Waals surface area contributed by atoms with Gasteiger partial charge in [0, 0.05) is 0 Å². The van der Waals surface area contributed by atoms with Crippen LogP contribution in [0.2, 0.25) is 0 Å². The van der Waals surface area contributed by atoms with Crippen molar-refractivity contribution in [1.29, 1.82) is 0 Å². The zero-order chi connectivity index (χ0) is 13.9. The Morgan fingerprint density at radius 2 is 1.47 bits per heavy atom. The highest BCUT2D eigenvalue weighted by molar-refractivity contribution is 7.80. The Balaban J connectivity index is 4.22.